The van der Waals surface area contributed by atoms with Gasteiger partial charge in [0.25, 0.3) is 0 Å². The van der Waals surface area contributed by atoms with E-state index in [1.807, 2.05) is 11.0 Å². The molecule has 0 bridgehead atoms. The summed E-state index contributed by atoms with van der Waals surface area (Å²) >= 11 is 0. The second-order valence-corrected chi connectivity index (χ2v) is 10.8. The van der Waals surface area contributed by atoms with Gasteiger partial charge in [0.05, 0.1) is 6.61 Å². The van der Waals surface area contributed by atoms with Crippen molar-refractivity contribution in [2.24, 2.45) is 11.8 Å². The Kier molecular flexibility index (Phi) is 7.43. The van der Waals surface area contributed by atoms with Gasteiger partial charge in [0.15, 0.2) is 11.6 Å². The molecule has 31 heavy (non-hydrogen) atoms. The third-order valence-electron chi connectivity index (χ3n) is 6.86. The average molecular weight is 449 g/mol. The first-order valence-electron chi connectivity index (χ1n) is 11.4. The van der Waals surface area contributed by atoms with Crippen LogP contribution in [0.4, 0.5) is 4.39 Å². The summed E-state index contributed by atoms with van der Waals surface area (Å²) < 4.78 is 32.0. The van der Waals surface area contributed by atoms with Crippen molar-refractivity contribution in [3.63, 3.8) is 0 Å². The number of carbonyl (C=O) groups excluding carboxylic acids is 1. The first-order chi connectivity index (χ1) is 15.0. The first-order valence-corrected chi connectivity index (χ1v) is 12.9. The normalized spacial score (nSPS) is 24.1. The van der Waals surface area contributed by atoms with Crippen molar-refractivity contribution < 1.29 is 18.1 Å². The molecule has 0 N–H and O–H groups in total. The highest BCUT2D eigenvalue weighted by molar-refractivity contribution is 7.85. The fraction of sp³-hybridized carbons (Fsp3) is 0.625. The Morgan fingerprint density at radius 2 is 1.90 bits per heavy atom. The van der Waals surface area contributed by atoms with Crippen LogP contribution in [0.3, 0.4) is 0 Å². The minimum absolute atomic E-state index is 0.0164. The van der Waals surface area contributed by atoms with E-state index < -0.39 is 10.8 Å². The minimum atomic E-state index is -0.776. The molecule has 2 aliphatic heterocycles. The molecule has 2 saturated heterocycles. The van der Waals surface area contributed by atoms with Gasteiger partial charge >= 0.3 is 0 Å². The van der Waals surface area contributed by atoms with E-state index in [4.69, 9.17) is 4.74 Å². The van der Waals surface area contributed by atoms with Crippen molar-refractivity contribution in [3.05, 3.63) is 35.7 Å². The van der Waals surface area contributed by atoms with Crippen LogP contribution < -0.4 is 4.74 Å². The number of amides is 1. The molecule has 1 amide bonds. The third-order valence-corrected chi connectivity index (χ3v) is 8.14. The molecule has 4 rings (SSSR count). The summed E-state index contributed by atoms with van der Waals surface area (Å²) in [5.41, 5.74) is 1.98. The molecule has 0 aromatic heterocycles. The number of ether oxygens (including phenoxy) is 1. The average Bonchev–Trinajstić information content (AvgIpc) is 2.79. The van der Waals surface area contributed by atoms with E-state index in [0.29, 0.717) is 49.3 Å². The highest BCUT2D eigenvalue weighted by Gasteiger charge is 2.28. The highest BCUT2D eigenvalue weighted by Crippen LogP contribution is 2.33. The molecule has 5 nitrogen and oxygen atoms in total. The first kappa shape index (κ1) is 22.5. The fourth-order valence-corrected chi connectivity index (χ4v) is 5.74. The lowest BCUT2D eigenvalue weighted by atomic mass is 9.85. The van der Waals surface area contributed by atoms with Crippen LogP contribution in [0, 0.1) is 17.7 Å². The van der Waals surface area contributed by atoms with Crippen LogP contribution in [0.25, 0.3) is 5.57 Å². The molecule has 170 valence electrons. The van der Waals surface area contributed by atoms with Gasteiger partial charge in [0.1, 0.15) is 0 Å². The highest BCUT2D eigenvalue weighted by atomic mass is 32.2. The SMILES string of the molecule is CN1CCC(COc2ccc(C3=CCC(C(=O)N4CCS(=O)CC4)CC3)cc2F)CC1. The number of nitrogens with zero attached hydrogens (tertiary/aromatic N) is 2. The Labute approximate surface area is 187 Å². The lowest BCUT2D eigenvalue weighted by molar-refractivity contribution is -0.135. The summed E-state index contributed by atoms with van der Waals surface area (Å²) in [6, 6.07) is 5.24. The van der Waals surface area contributed by atoms with Gasteiger partial charge in [0.2, 0.25) is 5.91 Å². The number of carbonyl (C=O) groups is 1. The minimum Gasteiger partial charge on any atom is -0.490 e. The molecule has 0 radical (unpaired) electrons. The molecule has 1 aromatic rings. The van der Waals surface area contributed by atoms with E-state index in [2.05, 4.69) is 18.0 Å². The van der Waals surface area contributed by atoms with Crippen molar-refractivity contribution in [2.75, 3.05) is 51.3 Å². The molecule has 1 aromatic carbocycles. The van der Waals surface area contributed by atoms with Crippen LogP contribution in [0.2, 0.25) is 0 Å². The maximum Gasteiger partial charge on any atom is 0.226 e. The van der Waals surface area contributed by atoms with Crippen molar-refractivity contribution in [2.45, 2.75) is 32.1 Å². The monoisotopic (exact) mass is 448 g/mol. The maximum absolute atomic E-state index is 14.7. The largest absolute Gasteiger partial charge is 0.490 e. The zero-order chi connectivity index (χ0) is 21.8. The summed E-state index contributed by atoms with van der Waals surface area (Å²) in [6.45, 7) is 3.92. The van der Waals surface area contributed by atoms with Crippen LogP contribution >= 0.6 is 0 Å². The van der Waals surface area contributed by atoms with E-state index >= 15 is 0 Å². The van der Waals surface area contributed by atoms with Gasteiger partial charge in [-0.1, -0.05) is 12.1 Å². The Morgan fingerprint density at radius 3 is 2.55 bits per heavy atom. The van der Waals surface area contributed by atoms with Crippen molar-refractivity contribution >= 4 is 22.3 Å². The lowest BCUT2D eigenvalue weighted by Crippen LogP contribution is -2.44. The number of hydrogen-bond acceptors (Lipinski definition) is 4. The Hall–Kier alpha value is -1.73. The molecule has 1 atom stereocenters. The zero-order valence-electron chi connectivity index (χ0n) is 18.4. The molecule has 3 aliphatic rings. The van der Waals surface area contributed by atoms with Crippen LogP contribution in [0.1, 0.15) is 37.7 Å². The van der Waals surface area contributed by atoms with Crippen molar-refractivity contribution in [1.82, 2.24) is 9.80 Å². The number of piperidine rings is 1. The Bertz CT molecular complexity index is 841. The van der Waals surface area contributed by atoms with Gasteiger partial charge in [-0.15, -0.1) is 0 Å². The lowest BCUT2D eigenvalue weighted by Gasteiger charge is -2.31. The predicted molar refractivity (Wildman–Crippen MR) is 122 cm³/mol. The van der Waals surface area contributed by atoms with Crippen LogP contribution in [0.5, 0.6) is 5.75 Å². The number of halogens is 1. The molecule has 1 unspecified atom stereocenters. The van der Waals surface area contributed by atoms with Crippen molar-refractivity contribution in [3.8, 4) is 5.75 Å². The molecule has 0 spiro atoms. The summed E-state index contributed by atoms with van der Waals surface area (Å²) in [7, 11) is 1.35. The van der Waals surface area contributed by atoms with Gasteiger partial charge < -0.3 is 14.5 Å². The quantitative estimate of drug-likeness (QED) is 0.694. The molecule has 1 aliphatic carbocycles. The summed E-state index contributed by atoms with van der Waals surface area (Å²) in [6.07, 6.45) is 6.51. The number of hydrogen-bond donors (Lipinski definition) is 0. The van der Waals surface area contributed by atoms with Gasteiger partial charge in [-0.2, -0.15) is 0 Å². The van der Waals surface area contributed by atoms with Gasteiger partial charge in [0, 0.05) is 41.3 Å². The molecular weight excluding hydrogens is 415 g/mol. The van der Waals surface area contributed by atoms with Gasteiger partial charge in [-0.3, -0.25) is 9.00 Å². The van der Waals surface area contributed by atoms with Crippen molar-refractivity contribution in [1.29, 1.82) is 0 Å². The smallest absolute Gasteiger partial charge is 0.226 e. The molecule has 2 heterocycles. The van der Waals surface area contributed by atoms with Crippen LogP contribution in [0.15, 0.2) is 24.3 Å². The van der Waals surface area contributed by atoms with E-state index in [1.54, 1.807) is 12.1 Å². The number of benzene rings is 1. The van der Waals surface area contributed by atoms with Gasteiger partial charge in [-0.25, -0.2) is 4.39 Å². The summed E-state index contributed by atoms with van der Waals surface area (Å²) in [5.74, 6) is 1.84. The number of likely N-dealkylation sites (tertiary alicyclic amines) is 1. The van der Waals surface area contributed by atoms with Crippen LogP contribution in [-0.2, 0) is 15.6 Å². The Morgan fingerprint density at radius 1 is 1.16 bits per heavy atom. The standard InChI is InChI=1S/C24H33FN2O3S/c1-26-10-8-18(9-11-26)17-30-23-7-6-21(16-22(23)25)19-2-4-20(5-3-19)24(28)27-12-14-31(29)15-13-27/h2,6-7,16,18,20H,3-5,8-15,17H2,1H3. The topological polar surface area (TPSA) is 49.9 Å². The molecule has 7 heteroatoms. The summed E-state index contributed by atoms with van der Waals surface area (Å²) in [4.78, 5) is 16.9. The van der Waals surface area contributed by atoms with E-state index in [1.165, 1.54) is 0 Å². The van der Waals surface area contributed by atoms with E-state index in [9.17, 15) is 13.4 Å². The van der Waals surface area contributed by atoms with Crippen LogP contribution in [-0.4, -0.2) is 71.3 Å². The van der Waals surface area contributed by atoms with Gasteiger partial charge in [-0.05, 0) is 81.4 Å². The summed E-state index contributed by atoms with van der Waals surface area (Å²) in [5, 5.41) is 0. The van der Waals surface area contributed by atoms with E-state index in [0.717, 1.165) is 49.9 Å². The predicted octanol–water partition coefficient (Wildman–Crippen LogP) is 3.32. The maximum atomic E-state index is 14.7. The molecular formula is C24H33FN2O3S. The second-order valence-electron chi connectivity index (χ2n) is 9.08. The second kappa shape index (κ2) is 10.3. The number of allylic oxidation sites excluding steroid dienone is 2. The third kappa shape index (κ3) is 5.75. The molecule has 2 fully saturated rings. The zero-order valence-corrected chi connectivity index (χ0v) is 19.2. The van der Waals surface area contributed by atoms with E-state index in [-0.39, 0.29) is 17.6 Å². The molecule has 0 saturated carbocycles. The Balaban J connectivity index is 1.31. The fourth-order valence-electron chi connectivity index (χ4n) is 4.69. The number of rotatable bonds is 5.